The molecule has 4 nitrogen and oxygen atoms in total. The number of carbonyl (C=O) groups is 1. The molecule has 0 saturated carbocycles. The Balaban J connectivity index is 2.26. The van der Waals surface area contributed by atoms with Crippen LogP contribution in [0.25, 0.3) is 0 Å². The molecule has 1 aromatic carbocycles. The Morgan fingerprint density at radius 2 is 2.19 bits per heavy atom. The van der Waals surface area contributed by atoms with E-state index >= 15 is 0 Å². The van der Waals surface area contributed by atoms with Crippen molar-refractivity contribution in [3.05, 3.63) is 59.2 Å². The monoisotopic (exact) mass is 283 g/mol. The number of carbonyl (C=O) groups excluding carboxylic acids is 1. The maximum Gasteiger partial charge on any atom is 0.258 e. The first-order valence-electron chi connectivity index (χ1n) is 6.31. The van der Waals surface area contributed by atoms with Gasteiger partial charge in [0.1, 0.15) is 5.82 Å². The van der Waals surface area contributed by atoms with Crippen molar-refractivity contribution in [2.45, 2.75) is 6.92 Å². The average Bonchev–Trinajstić information content (AvgIpc) is 2.46. The number of anilines is 1. The van der Waals surface area contributed by atoms with Crippen molar-refractivity contribution in [2.24, 2.45) is 5.73 Å². The molecule has 0 aliphatic rings. The lowest BCUT2D eigenvalue weighted by Gasteiger charge is -2.07. The van der Waals surface area contributed by atoms with Crippen LogP contribution in [0, 0.1) is 24.6 Å². The lowest BCUT2D eigenvalue weighted by molar-refractivity contribution is 0.102. The number of rotatable bonds is 2. The molecule has 0 atom stereocenters. The van der Waals surface area contributed by atoms with Crippen LogP contribution in [0.1, 0.15) is 21.5 Å². The molecule has 0 aliphatic heterocycles. The number of hydrogen-bond donors (Lipinski definition) is 2. The second-order valence-electron chi connectivity index (χ2n) is 4.41. The molecule has 1 amide bonds. The number of benzene rings is 1. The van der Waals surface area contributed by atoms with Crippen molar-refractivity contribution in [3.8, 4) is 11.8 Å². The van der Waals surface area contributed by atoms with Gasteiger partial charge in [-0.25, -0.2) is 4.39 Å². The maximum absolute atomic E-state index is 13.8. The van der Waals surface area contributed by atoms with E-state index in [9.17, 15) is 9.18 Å². The van der Waals surface area contributed by atoms with Gasteiger partial charge in [-0.3, -0.25) is 9.78 Å². The highest BCUT2D eigenvalue weighted by molar-refractivity contribution is 6.04. The average molecular weight is 283 g/mol. The van der Waals surface area contributed by atoms with E-state index in [-0.39, 0.29) is 12.1 Å². The third-order valence-electron chi connectivity index (χ3n) is 2.68. The third kappa shape index (κ3) is 3.88. The zero-order valence-corrected chi connectivity index (χ0v) is 11.5. The largest absolute Gasteiger partial charge is 0.320 e. The molecule has 1 heterocycles. The first-order chi connectivity index (χ1) is 10.1. The number of hydrogen-bond acceptors (Lipinski definition) is 3. The van der Waals surface area contributed by atoms with E-state index in [0.29, 0.717) is 11.3 Å². The summed E-state index contributed by atoms with van der Waals surface area (Å²) in [5.74, 6) is 4.28. The first kappa shape index (κ1) is 14.7. The summed E-state index contributed by atoms with van der Waals surface area (Å²) in [6.07, 6.45) is 3.17. The molecule has 0 radical (unpaired) electrons. The standard InChI is InChI=1S/C16H14FN3O/c1-11-7-13(10-19-9-11)20-16(21)14-8-12(3-2-6-18)4-5-15(14)17/h4-5,7-10H,6,18H2,1H3,(H,20,21). The van der Waals surface area contributed by atoms with Gasteiger partial charge in [0.05, 0.1) is 24.0 Å². The molecule has 5 heteroatoms. The van der Waals surface area contributed by atoms with Crippen LogP contribution < -0.4 is 11.1 Å². The molecule has 0 bridgehead atoms. The molecule has 3 N–H and O–H groups in total. The Kier molecular flexibility index (Phi) is 4.64. The zero-order chi connectivity index (χ0) is 15.2. The van der Waals surface area contributed by atoms with Gasteiger partial charge in [-0.05, 0) is 36.8 Å². The number of pyridine rings is 1. The second-order valence-corrected chi connectivity index (χ2v) is 4.41. The van der Waals surface area contributed by atoms with Crippen LogP contribution in [0.4, 0.5) is 10.1 Å². The Hall–Kier alpha value is -2.71. The lowest BCUT2D eigenvalue weighted by atomic mass is 10.1. The summed E-state index contributed by atoms with van der Waals surface area (Å²) >= 11 is 0. The van der Waals surface area contributed by atoms with Crippen LogP contribution in [0.2, 0.25) is 0 Å². The van der Waals surface area contributed by atoms with Gasteiger partial charge in [-0.2, -0.15) is 0 Å². The van der Waals surface area contributed by atoms with Crippen LogP contribution in [0.15, 0.2) is 36.7 Å². The van der Waals surface area contributed by atoms with Crippen molar-refractivity contribution in [1.82, 2.24) is 4.98 Å². The fourth-order valence-electron chi connectivity index (χ4n) is 1.75. The topological polar surface area (TPSA) is 68.0 Å². The Labute approximate surface area is 122 Å². The summed E-state index contributed by atoms with van der Waals surface area (Å²) in [6, 6.07) is 5.87. The summed E-state index contributed by atoms with van der Waals surface area (Å²) in [5, 5.41) is 2.61. The van der Waals surface area contributed by atoms with Gasteiger partial charge < -0.3 is 11.1 Å². The summed E-state index contributed by atoms with van der Waals surface area (Å²) in [7, 11) is 0. The van der Waals surface area contributed by atoms with E-state index < -0.39 is 11.7 Å². The minimum absolute atomic E-state index is 0.0691. The smallest absolute Gasteiger partial charge is 0.258 e. The number of nitrogens with zero attached hydrogens (tertiary/aromatic N) is 1. The van der Waals surface area contributed by atoms with Crippen molar-refractivity contribution >= 4 is 11.6 Å². The van der Waals surface area contributed by atoms with E-state index in [1.165, 1.54) is 24.4 Å². The number of nitrogens with two attached hydrogens (primary N) is 1. The molecular weight excluding hydrogens is 269 g/mol. The molecule has 0 fully saturated rings. The number of aryl methyl sites for hydroxylation is 1. The fraction of sp³-hybridized carbons (Fsp3) is 0.125. The third-order valence-corrected chi connectivity index (χ3v) is 2.68. The van der Waals surface area contributed by atoms with Crippen molar-refractivity contribution in [1.29, 1.82) is 0 Å². The lowest BCUT2D eigenvalue weighted by Crippen LogP contribution is -2.14. The summed E-state index contributed by atoms with van der Waals surface area (Å²) in [6.45, 7) is 2.06. The van der Waals surface area contributed by atoms with Crippen LogP contribution in [0.5, 0.6) is 0 Å². The molecule has 2 rings (SSSR count). The van der Waals surface area contributed by atoms with Crippen molar-refractivity contribution in [3.63, 3.8) is 0 Å². The highest BCUT2D eigenvalue weighted by Gasteiger charge is 2.12. The summed E-state index contributed by atoms with van der Waals surface area (Å²) < 4.78 is 13.8. The fourth-order valence-corrected chi connectivity index (χ4v) is 1.75. The van der Waals surface area contributed by atoms with Crippen LogP contribution in [-0.4, -0.2) is 17.4 Å². The quantitative estimate of drug-likeness (QED) is 0.829. The molecule has 106 valence electrons. The molecule has 2 aromatic rings. The molecule has 1 aromatic heterocycles. The Bertz CT molecular complexity index is 732. The molecular formula is C16H14FN3O. The van der Waals surface area contributed by atoms with E-state index in [4.69, 9.17) is 5.73 Å². The summed E-state index contributed by atoms with van der Waals surface area (Å²) in [4.78, 5) is 16.1. The predicted octanol–water partition coefficient (Wildman–Crippen LogP) is 2.09. The minimum atomic E-state index is -0.605. The molecule has 0 unspecified atom stereocenters. The van der Waals surface area contributed by atoms with Gasteiger partial charge in [0.15, 0.2) is 0 Å². The van der Waals surface area contributed by atoms with Crippen molar-refractivity contribution < 1.29 is 9.18 Å². The van der Waals surface area contributed by atoms with E-state index in [1.807, 2.05) is 6.92 Å². The number of halogens is 1. The van der Waals surface area contributed by atoms with Gasteiger partial charge in [-0.1, -0.05) is 11.8 Å². The maximum atomic E-state index is 13.8. The van der Waals surface area contributed by atoms with Gasteiger partial charge in [0.2, 0.25) is 0 Å². The highest BCUT2D eigenvalue weighted by atomic mass is 19.1. The number of nitrogens with one attached hydrogen (secondary N) is 1. The minimum Gasteiger partial charge on any atom is -0.320 e. The molecule has 21 heavy (non-hydrogen) atoms. The first-order valence-corrected chi connectivity index (χ1v) is 6.31. The van der Waals surface area contributed by atoms with E-state index in [1.54, 1.807) is 12.3 Å². The normalized spacial score (nSPS) is 9.67. The van der Waals surface area contributed by atoms with Gasteiger partial charge >= 0.3 is 0 Å². The summed E-state index contributed by atoms with van der Waals surface area (Å²) in [5.41, 5.74) is 7.16. The highest BCUT2D eigenvalue weighted by Crippen LogP contribution is 2.14. The van der Waals surface area contributed by atoms with Gasteiger partial charge in [0, 0.05) is 11.8 Å². The number of aromatic nitrogens is 1. The van der Waals surface area contributed by atoms with Crippen molar-refractivity contribution in [2.75, 3.05) is 11.9 Å². The molecule has 0 saturated heterocycles. The SMILES string of the molecule is Cc1cncc(NC(=O)c2cc(C#CCN)ccc2F)c1. The predicted molar refractivity (Wildman–Crippen MR) is 79.3 cm³/mol. The number of amides is 1. The van der Waals surface area contributed by atoms with E-state index in [2.05, 4.69) is 22.1 Å². The molecule has 0 aliphatic carbocycles. The van der Waals surface area contributed by atoms with Crippen LogP contribution in [0.3, 0.4) is 0 Å². The van der Waals surface area contributed by atoms with Crippen LogP contribution >= 0.6 is 0 Å². The molecule has 0 spiro atoms. The zero-order valence-electron chi connectivity index (χ0n) is 11.5. The van der Waals surface area contributed by atoms with Gasteiger partial charge in [-0.15, -0.1) is 0 Å². The Morgan fingerprint density at radius 3 is 2.90 bits per heavy atom. The van der Waals surface area contributed by atoms with E-state index in [0.717, 1.165) is 5.56 Å². The Morgan fingerprint density at radius 1 is 1.38 bits per heavy atom. The second kappa shape index (κ2) is 6.64. The van der Waals surface area contributed by atoms with Gasteiger partial charge in [0.25, 0.3) is 5.91 Å². The van der Waals surface area contributed by atoms with Crippen LogP contribution in [-0.2, 0) is 0 Å².